The first-order valence-corrected chi connectivity index (χ1v) is 16.0. The van der Waals surface area contributed by atoms with Crippen molar-refractivity contribution in [1.29, 1.82) is 0 Å². The molecule has 1 aromatic carbocycles. The average molecular weight is 487 g/mol. The molecule has 1 N–H and O–H groups in total. The van der Waals surface area contributed by atoms with E-state index < -0.39 is 0 Å². The lowest BCUT2D eigenvalue weighted by Gasteiger charge is -2.19. The van der Waals surface area contributed by atoms with Crippen molar-refractivity contribution in [2.75, 3.05) is 0 Å². The monoisotopic (exact) mass is 486 g/mol. The topological polar surface area (TPSA) is 20.2 Å². The van der Waals surface area contributed by atoms with E-state index in [0.29, 0.717) is 5.75 Å². The highest BCUT2D eigenvalue weighted by atomic mass is 16.3. The van der Waals surface area contributed by atoms with Gasteiger partial charge in [0.15, 0.2) is 0 Å². The summed E-state index contributed by atoms with van der Waals surface area (Å²) in [6.07, 6.45) is 31.8. The Morgan fingerprint density at radius 3 is 1.23 bits per heavy atom. The summed E-state index contributed by atoms with van der Waals surface area (Å²) in [5.41, 5.74) is 5.49. The maximum atomic E-state index is 11.1. The average Bonchev–Trinajstić information content (AvgIpc) is 2.86. The standard InChI is InChI=1S/C34H62O/c1-5-8-11-14-17-20-23-26-31-29-30(4)34(35)33(28-25-22-19-16-13-10-7-3)32(31)27-24-21-18-15-12-9-6-2/h29,35H,5-28H2,1-4H3. The molecular weight excluding hydrogens is 424 g/mol. The molecule has 0 spiro atoms. The molecule has 0 saturated heterocycles. The summed E-state index contributed by atoms with van der Waals surface area (Å²) in [5, 5.41) is 11.1. The first-order valence-electron chi connectivity index (χ1n) is 16.0. The largest absolute Gasteiger partial charge is 0.507 e. The van der Waals surface area contributed by atoms with Crippen molar-refractivity contribution in [1.82, 2.24) is 0 Å². The van der Waals surface area contributed by atoms with Crippen LogP contribution in [-0.2, 0) is 19.3 Å². The van der Waals surface area contributed by atoms with E-state index in [9.17, 15) is 5.11 Å². The number of rotatable bonds is 24. The molecule has 0 unspecified atom stereocenters. The first-order chi connectivity index (χ1) is 17.2. The van der Waals surface area contributed by atoms with E-state index in [2.05, 4.69) is 33.8 Å². The van der Waals surface area contributed by atoms with Gasteiger partial charge in [-0.25, -0.2) is 0 Å². The van der Waals surface area contributed by atoms with Gasteiger partial charge in [-0.2, -0.15) is 0 Å². The minimum Gasteiger partial charge on any atom is -0.507 e. The summed E-state index contributed by atoms with van der Waals surface area (Å²) in [5.74, 6) is 0.609. The summed E-state index contributed by atoms with van der Waals surface area (Å²) < 4.78 is 0. The summed E-state index contributed by atoms with van der Waals surface area (Å²) in [7, 11) is 0. The van der Waals surface area contributed by atoms with E-state index in [0.717, 1.165) is 12.0 Å². The Kier molecular flexibility index (Phi) is 20.4. The Morgan fingerprint density at radius 2 is 0.800 bits per heavy atom. The lowest BCUT2D eigenvalue weighted by molar-refractivity contribution is 0.459. The molecule has 0 aliphatic heterocycles. The Labute approximate surface area is 220 Å². The van der Waals surface area contributed by atoms with Crippen molar-refractivity contribution in [3.05, 3.63) is 28.3 Å². The van der Waals surface area contributed by atoms with Crippen molar-refractivity contribution in [2.24, 2.45) is 0 Å². The lowest BCUT2D eigenvalue weighted by atomic mass is 9.87. The highest BCUT2D eigenvalue weighted by Crippen LogP contribution is 2.33. The molecule has 35 heavy (non-hydrogen) atoms. The van der Waals surface area contributed by atoms with Crippen molar-refractivity contribution in [3.63, 3.8) is 0 Å². The van der Waals surface area contributed by atoms with Gasteiger partial charge >= 0.3 is 0 Å². The van der Waals surface area contributed by atoms with Crippen molar-refractivity contribution < 1.29 is 5.11 Å². The van der Waals surface area contributed by atoms with Crippen LogP contribution in [0, 0.1) is 6.92 Å². The van der Waals surface area contributed by atoms with Crippen molar-refractivity contribution >= 4 is 0 Å². The molecule has 1 heteroatoms. The number of phenols is 1. The summed E-state index contributed by atoms with van der Waals surface area (Å²) in [6, 6.07) is 2.33. The number of benzene rings is 1. The third-order valence-electron chi connectivity index (χ3n) is 7.91. The minimum absolute atomic E-state index is 0.609. The van der Waals surface area contributed by atoms with Gasteiger partial charge in [-0.1, -0.05) is 142 Å². The second-order valence-electron chi connectivity index (χ2n) is 11.3. The Morgan fingerprint density at radius 1 is 0.457 bits per heavy atom. The number of unbranched alkanes of at least 4 members (excludes halogenated alkanes) is 18. The van der Waals surface area contributed by atoms with Crippen LogP contribution in [-0.4, -0.2) is 5.11 Å². The van der Waals surface area contributed by atoms with Crippen LogP contribution in [0.4, 0.5) is 0 Å². The highest BCUT2D eigenvalue weighted by molar-refractivity contribution is 5.50. The first kappa shape index (κ1) is 32.0. The predicted molar refractivity (Wildman–Crippen MR) is 158 cm³/mol. The van der Waals surface area contributed by atoms with Crippen LogP contribution in [0.1, 0.15) is 178 Å². The van der Waals surface area contributed by atoms with E-state index in [1.807, 2.05) is 0 Å². The molecule has 0 amide bonds. The van der Waals surface area contributed by atoms with Gasteiger partial charge < -0.3 is 5.11 Å². The molecule has 0 bridgehead atoms. The lowest BCUT2D eigenvalue weighted by Crippen LogP contribution is -2.04. The number of phenolic OH excluding ortho intramolecular Hbond substituents is 1. The molecule has 0 saturated carbocycles. The van der Waals surface area contributed by atoms with E-state index >= 15 is 0 Å². The van der Waals surface area contributed by atoms with Gasteiger partial charge in [0.1, 0.15) is 5.75 Å². The van der Waals surface area contributed by atoms with Gasteiger partial charge in [0.05, 0.1) is 0 Å². The molecule has 0 fully saturated rings. The van der Waals surface area contributed by atoms with E-state index in [4.69, 9.17) is 0 Å². The third kappa shape index (κ3) is 15.0. The van der Waals surface area contributed by atoms with Crippen LogP contribution < -0.4 is 0 Å². The third-order valence-corrected chi connectivity index (χ3v) is 7.91. The zero-order valence-electron chi connectivity index (χ0n) is 24.5. The Bertz CT molecular complexity index is 618. The SMILES string of the molecule is CCCCCCCCCc1cc(C)c(O)c(CCCCCCCCC)c1CCCCCCCCC. The van der Waals surface area contributed by atoms with Crippen LogP contribution in [0.5, 0.6) is 5.75 Å². The normalized spacial score (nSPS) is 11.4. The van der Waals surface area contributed by atoms with Crippen molar-refractivity contribution in [3.8, 4) is 5.75 Å². The zero-order valence-corrected chi connectivity index (χ0v) is 24.5. The van der Waals surface area contributed by atoms with Crippen LogP contribution >= 0.6 is 0 Å². The number of aromatic hydroxyl groups is 1. The molecule has 0 atom stereocenters. The van der Waals surface area contributed by atoms with Gasteiger partial charge in [-0.15, -0.1) is 0 Å². The van der Waals surface area contributed by atoms with Crippen LogP contribution in [0.2, 0.25) is 0 Å². The highest BCUT2D eigenvalue weighted by Gasteiger charge is 2.15. The molecule has 0 radical (unpaired) electrons. The molecule has 0 aromatic heterocycles. The fourth-order valence-corrected chi connectivity index (χ4v) is 5.59. The number of aryl methyl sites for hydroxylation is 2. The molecule has 0 aliphatic carbocycles. The van der Waals surface area contributed by atoms with Crippen LogP contribution in [0.15, 0.2) is 6.07 Å². The fraction of sp³-hybridized carbons (Fsp3) is 0.824. The van der Waals surface area contributed by atoms with Crippen molar-refractivity contribution in [2.45, 2.75) is 182 Å². The number of hydrogen-bond donors (Lipinski definition) is 1. The maximum Gasteiger partial charge on any atom is 0.121 e. The molecule has 204 valence electrons. The minimum atomic E-state index is 0.609. The second-order valence-corrected chi connectivity index (χ2v) is 11.3. The predicted octanol–water partition coefficient (Wildman–Crippen LogP) is 11.6. The second kappa shape index (κ2) is 22.2. The molecule has 1 aromatic rings. The fourth-order valence-electron chi connectivity index (χ4n) is 5.59. The van der Waals surface area contributed by atoms with Gasteiger partial charge in [0, 0.05) is 0 Å². The quantitative estimate of drug-likeness (QED) is 0.144. The van der Waals surface area contributed by atoms with Crippen LogP contribution in [0.3, 0.4) is 0 Å². The molecule has 1 nitrogen and oxygen atoms in total. The number of hydrogen-bond acceptors (Lipinski definition) is 1. The van der Waals surface area contributed by atoms with E-state index in [1.165, 1.54) is 159 Å². The smallest absolute Gasteiger partial charge is 0.121 e. The maximum absolute atomic E-state index is 11.1. The van der Waals surface area contributed by atoms with Gasteiger partial charge in [-0.05, 0) is 67.7 Å². The van der Waals surface area contributed by atoms with E-state index in [-0.39, 0.29) is 0 Å². The van der Waals surface area contributed by atoms with Crippen LogP contribution in [0.25, 0.3) is 0 Å². The zero-order chi connectivity index (χ0) is 25.6. The summed E-state index contributed by atoms with van der Waals surface area (Å²) in [4.78, 5) is 0. The van der Waals surface area contributed by atoms with E-state index in [1.54, 1.807) is 5.56 Å². The van der Waals surface area contributed by atoms with Gasteiger partial charge in [-0.3, -0.25) is 0 Å². The summed E-state index contributed by atoms with van der Waals surface area (Å²) >= 11 is 0. The Balaban J connectivity index is 2.72. The van der Waals surface area contributed by atoms with Gasteiger partial charge in [0.25, 0.3) is 0 Å². The Hall–Kier alpha value is -0.980. The molecular formula is C34H62O. The molecule has 0 aliphatic rings. The molecule has 0 heterocycles. The summed E-state index contributed by atoms with van der Waals surface area (Å²) in [6.45, 7) is 9.00. The molecule has 1 rings (SSSR count). The van der Waals surface area contributed by atoms with Gasteiger partial charge in [0.2, 0.25) is 0 Å².